The van der Waals surface area contributed by atoms with Crippen LogP contribution in [0.1, 0.15) is 60.5 Å². The number of pyridine rings is 1. The van der Waals surface area contributed by atoms with Crippen LogP contribution in [0.2, 0.25) is 0 Å². The van der Waals surface area contributed by atoms with Gasteiger partial charge in [-0.3, -0.25) is 19.3 Å². The van der Waals surface area contributed by atoms with Gasteiger partial charge in [-0.2, -0.15) is 0 Å². The van der Waals surface area contributed by atoms with Gasteiger partial charge in [0.05, 0.1) is 5.56 Å². The Morgan fingerprint density at radius 1 is 1.36 bits per heavy atom. The SMILES string of the molecule is CCCc1cnc2c(c1)C(=O)N(C(C)(C(N)=O)C(C)C)C2=O. The maximum atomic E-state index is 12.7. The number of hydrogen-bond acceptors (Lipinski definition) is 4. The van der Waals surface area contributed by atoms with E-state index in [-0.39, 0.29) is 17.2 Å². The first-order valence-corrected chi connectivity index (χ1v) is 7.42. The number of nitrogens with two attached hydrogens (primary N) is 1. The van der Waals surface area contributed by atoms with E-state index in [0.717, 1.165) is 23.3 Å². The number of rotatable bonds is 5. The van der Waals surface area contributed by atoms with E-state index in [2.05, 4.69) is 4.98 Å². The van der Waals surface area contributed by atoms with E-state index >= 15 is 0 Å². The first-order chi connectivity index (χ1) is 10.2. The van der Waals surface area contributed by atoms with Crippen LogP contribution in [0.15, 0.2) is 12.3 Å². The van der Waals surface area contributed by atoms with Gasteiger partial charge >= 0.3 is 0 Å². The zero-order valence-corrected chi connectivity index (χ0v) is 13.3. The molecule has 6 nitrogen and oxygen atoms in total. The number of aryl methyl sites for hydroxylation is 1. The van der Waals surface area contributed by atoms with E-state index in [1.165, 1.54) is 6.92 Å². The van der Waals surface area contributed by atoms with E-state index in [0.29, 0.717) is 0 Å². The molecule has 1 aromatic heterocycles. The van der Waals surface area contributed by atoms with Gasteiger partial charge in [0.2, 0.25) is 5.91 Å². The first-order valence-electron chi connectivity index (χ1n) is 7.42. The van der Waals surface area contributed by atoms with E-state index < -0.39 is 23.3 Å². The van der Waals surface area contributed by atoms with Gasteiger partial charge in [-0.1, -0.05) is 27.2 Å². The number of primary amides is 1. The van der Waals surface area contributed by atoms with Crippen LogP contribution in [0.5, 0.6) is 0 Å². The van der Waals surface area contributed by atoms with Crippen molar-refractivity contribution in [3.63, 3.8) is 0 Å². The molecule has 0 spiro atoms. The second kappa shape index (κ2) is 5.51. The summed E-state index contributed by atoms with van der Waals surface area (Å²) in [6, 6.07) is 1.69. The minimum Gasteiger partial charge on any atom is -0.368 e. The van der Waals surface area contributed by atoms with Crippen molar-refractivity contribution in [2.24, 2.45) is 11.7 Å². The lowest BCUT2D eigenvalue weighted by Crippen LogP contribution is -2.60. The van der Waals surface area contributed by atoms with Gasteiger partial charge in [0.1, 0.15) is 11.2 Å². The number of imide groups is 1. The Balaban J connectivity index is 2.53. The van der Waals surface area contributed by atoms with Crippen LogP contribution in [0.25, 0.3) is 0 Å². The highest BCUT2D eigenvalue weighted by Crippen LogP contribution is 2.33. The predicted molar refractivity (Wildman–Crippen MR) is 81.2 cm³/mol. The normalized spacial score (nSPS) is 16.9. The Morgan fingerprint density at radius 2 is 2.00 bits per heavy atom. The minimum absolute atomic E-state index is 0.0954. The molecule has 22 heavy (non-hydrogen) atoms. The average Bonchev–Trinajstić information content (AvgIpc) is 2.70. The minimum atomic E-state index is -1.38. The smallest absolute Gasteiger partial charge is 0.281 e. The fourth-order valence-electron chi connectivity index (χ4n) is 2.66. The van der Waals surface area contributed by atoms with Crippen molar-refractivity contribution in [3.05, 3.63) is 29.1 Å². The van der Waals surface area contributed by atoms with Crippen LogP contribution in [-0.2, 0) is 11.2 Å². The van der Waals surface area contributed by atoms with Crippen LogP contribution in [0, 0.1) is 5.92 Å². The fourth-order valence-corrected chi connectivity index (χ4v) is 2.66. The summed E-state index contributed by atoms with van der Waals surface area (Å²) in [5.41, 5.74) is 5.35. The lowest BCUT2D eigenvalue weighted by Gasteiger charge is -2.37. The molecule has 0 bridgehead atoms. The number of nitrogens with zero attached hydrogens (tertiary/aromatic N) is 2. The number of aromatic nitrogens is 1. The summed E-state index contributed by atoms with van der Waals surface area (Å²) < 4.78 is 0. The van der Waals surface area contributed by atoms with Crippen LogP contribution in [-0.4, -0.2) is 33.1 Å². The number of amides is 3. The van der Waals surface area contributed by atoms with Crippen molar-refractivity contribution in [2.75, 3.05) is 0 Å². The fraction of sp³-hybridized carbons (Fsp3) is 0.500. The van der Waals surface area contributed by atoms with Gasteiger partial charge in [0.15, 0.2) is 0 Å². The van der Waals surface area contributed by atoms with E-state index in [4.69, 9.17) is 5.73 Å². The lowest BCUT2D eigenvalue weighted by atomic mass is 9.86. The maximum Gasteiger partial charge on any atom is 0.281 e. The van der Waals surface area contributed by atoms with Crippen LogP contribution < -0.4 is 5.73 Å². The Labute approximate surface area is 129 Å². The quantitative estimate of drug-likeness (QED) is 0.835. The Morgan fingerprint density at radius 3 is 2.50 bits per heavy atom. The highest BCUT2D eigenvalue weighted by molar-refractivity contribution is 6.22. The second-order valence-electron chi connectivity index (χ2n) is 6.10. The molecule has 118 valence electrons. The molecule has 6 heteroatoms. The molecule has 0 fully saturated rings. The molecule has 2 heterocycles. The summed E-state index contributed by atoms with van der Waals surface area (Å²) in [4.78, 5) is 42.3. The molecule has 0 aromatic carbocycles. The van der Waals surface area contributed by atoms with Gasteiger partial charge < -0.3 is 5.73 Å². The average molecular weight is 303 g/mol. The zero-order chi connectivity index (χ0) is 16.7. The standard InChI is InChI=1S/C16H21N3O3/c1-5-6-10-7-11-12(18-8-10)14(21)19(13(11)20)16(4,9(2)3)15(17)22/h7-9H,5-6H2,1-4H3,(H2,17,22). The molecule has 2 N–H and O–H groups in total. The summed E-state index contributed by atoms with van der Waals surface area (Å²) in [6.07, 6.45) is 3.30. The van der Waals surface area contributed by atoms with E-state index in [1.54, 1.807) is 26.1 Å². The monoisotopic (exact) mass is 303 g/mol. The Kier molecular flexibility index (Phi) is 4.04. The summed E-state index contributed by atoms with van der Waals surface area (Å²) in [5, 5.41) is 0. The third kappa shape index (κ3) is 2.19. The van der Waals surface area contributed by atoms with Crippen molar-refractivity contribution in [3.8, 4) is 0 Å². The summed E-state index contributed by atoms with van der Waals surface area (Å²) in [7, 11) is 0. The van der Waals surface area contributed by atoms with Crippen molar-refractivity contribution < 1.29 is 14.4 Å². The molecule has 0 radical (unpaired) electrons. The van der Waals surface area contributed by atoms with Crippen molar-refractivity contribution >= 4 is 17.7 Å². The molecule has 0 saturated heterocycles. The van der Waals surface area contributed by atoms with Gasteiger partial charge in [0.25, 0.3) is 11.8 Å². The van der Waals surface area contributed by atoms with E-state index in [9.17, 15) is 14.4 Å². The van der Waals surface area contributed by atoms with Gasteiger partial charge in [-0.25, -0.2) is 4.98 Å². The third-order valence-electron chi connectivity index (χ3n) is 4.41. The topological polar surface area (TPSA) is 93.4 Å². The molecule has 1 aliphatic rings. The molecule has 1 unspecified atom stereocenters. The highest BCUT2D eigenvalue weighted by Gasteiger charge is 2.52. The Bertz CT molecular complexity index is 654. The summed E-state index contributed by atoms with van der Waals surface area (Å²) in [5.74, 6) is -2.06. The van der Waals surface area contributed by atoms with Gasteiger partial charge in [-0.05, 0) is 30.9 Å². The summed E-state index contributed by atoms with van der Waals surface area (Å²) in [6.45, 7) is 7.05. The van der Waals surface area contributed by atoms with Crippen LogP contribution in [0.3, 0.4) is 0 Å². The highest BCUT2D eigenvalue weighted by atomic mass is 16.2. The van der Waals surface area contributed by atoms with Gasteiger partial charge in [-0.15, -0.1) is 0 Å². The van der Waals surface area contributed by atoms with Crippen molar-refractivity contribution in [1.82, 2.24) is 9.88 Å². The van der Waals surface area contributed by atoms with E-state index in [1.807, 2.05) is 6.92 Å². The Hall–Kier alpha value is -2.24. The number of carbonyl (C=O) groups excluding carboxylic acids is 3. The molecule has 1 aliphatic heterocycles. The first kappa shape index (κ1) is 16.1. The lowest BCUT2D eigenvalue weighted by molar-refractivity contribution is -0.129. The summed E-state index contributed by atoms with van der Waals surface area (Å²) >= 11 is 0. The number of fused-ring (bicyclic) bond motifs is 1. The molecule has 2 rings (SSSR count). The van der Waals surface area contributed by atoms with Crippen LogP contribution >= 0.6 is 0 Å². The largest absolute Gasteiger partial charge is 0.368 e. The maximum absolute atomic E-state index is 12.7. The number of carbonyl (C=O) groups is 3. The molecular weight excluding hydrogens is 282 g/mol. The molecule has 3 amide bonds. The zero-order valence-electron chi connectivity index (χ0n) is 13.3. The third-order valence-corrected chi connectivity index (χ3v) is 4.41. The van der Waals surface area contributed by atoms with Crippen LogP contribution in [0.4, 0.5) is 0 Å². The molecular formula is C16H21N3O3. The predicted octanol–water partition coefficient (Wildman–Crippen LogP) is 1.53. The molecule has 1 atom stereocenters. The van der Waals surface area contributed by atoms with Crippen molar-refractivity contribution in [2.45, 2.75) is 46.1 Å². The van der Waals surface area contributed by atoms with Crippen molar-refractivity contribution in [1.29, 1.82) is 0 Å². The van der Waals surface area contributed by atoms with Gasteiger partial charge in [0, 0.05) is 6.20 Å². The molecule has 0 saturated carbocycles. The number of hydrogen-bond donors (Lipinski definition) is 1. The second-order valence-corrected chi connectivity index (χ2v) is 6.10. The molecule has 1 aromatic rings. The molecule has 0 aliphatic carbocycles.